The molecule has 1 aliphatic heterocycles. The number of nitrogens with zero attached hydrogens (tertiary/aromatic N) is 2. The second kappa shape index (κ2) is 8.65. The first-order chi connectivity index (χ1) is 12.1. The van der Waals surface area contributed by atoms with Crippen LogP contribution in [-0.2, 0) is 11.3 Å². The molecule has 138 valence electrons. The number of carbonyl (C=O) groups is 1. The van der Waals surface area contributed by atoms with Crippen LogP contribution in [0.3, 0.4) is 0 Å². The van der Waals surface area contributed by atoms with E-state index in [9.17, 15) is 9.18 Å². The summed E-state index contributed by atoms with van der Waals surface area (Å²) >= 11 is 0. The average Bonchev–Trinajstić information content (AvgIpc) is 2.63. The van der Waals surface area contributed by atoms with Crippen molar-refractivity contribution in [2.75, 3.05) is 20.1 Å². The van der Waals surface area contributed by atoms with E-state index in [1.54, 1.807) is 12.1 Å². The van der Waals surface area contributed by atoms with Crippen LogP contribution in [0.5, 0.6) is 0 Å². The molecule has 4 nitrogen and oxygen atoms in total. The molecule has 1 saturated heterocycles. The predicted octanol–water partition coefficient (Wildman–Crippen LogP) is 4.19. The first-order valence-corrected chi connectivity index (χ1v) is 9.52. The summed E-state index contributed by atoms with van der Waals surface area (Å²) in [6.07, 6.45) is 7.24. The van der Waals surface area contributed by atoms with Crippen LogP contribution in [0.2, 0.25) is 0 Å². The van der Waals surface area contributed by atoms with E-state index in [0.717, 1.165) is 57.2 Å². The molecule has 25 heavy (non-hydrogen) atoms. The molecule has 1 heterocycles. The van der Waals surface area contributed by atoms with Crippen LogP contribution in [-0.4, -0.2) is 48.2 Å². The lowest BCUT2D eigenvalue weighted by atomic mass is 9.98. The molecule has 0 spiro atoms. The van der Waals surface area contributed by atoms with Gasteiger partial charge in [0.05, 0.1) is 0 Å². The molecule has 2 fully saturated rings. The van der Waals surface area contributed by atoms with Gasteiger partial charge in [-0.25, -0.2) is 9.18 Å². The van der Waals surface area contributed by atoms with Crippen molar-refractivity contribution in [2.24, 2.45) is 0 Å². The lowest BCUT2D eigenvalue weighted by molar-refractivity contribution is 0.0245. The molecule has 5 heteroatoms. The Hall–Kier alpha value is -1.62. The van der Waals surface area contributed by atoms with Gasteiger partial charge in [0, 0.05) is 12.6 Å². The fraction of sp³-hybridized carbons (Fsp3) is 0.650. The smallest absolute Gasteiger partial charge is 0.410 e. The zero-order valence-corrected chi connectivity index (χ0v) is 15.1. The first kappa shape index (κ1) is 18.2. The highest BCUT2D eigenvalue weighted by molar-refractivity contribution is 5.68. The summed E-state index contributed by atoms with van der Waals surface area (Å²) in [7, 11) is 2.11. The average molecular weight is 348 g/mol. The van der Waals surface area contributed by atoms with Crippen LogP contribution >= 0.6 is 0 Å². The third-order valence-corrected chi connectivity index (χ3v) is 5.45. The van der Waals surface area contributed by atoms with Gasteiger partial charge in [-0.15, -0.1) is 0 Å². The number of rotatable bonds is 4. The number of benzene rings is 1. The molecular weight excluding hydrogens is 319 g/mol. The molecule has 3 rings (SSSR count). The van der Waals surface area contributed by atoms with E-state index in [0.29, 0.717) is 6.54 Å². The van der Waals surface area contributed by atoms with Gasteiger partial charge in [0.25, 0.3) is 0 Å². The molecule has 0 unspecified atom stereocenters. The quantitative estimate of drug-likeness (QED) is 0.818. The predicted molar refractivity (Wildman–Crippen MR) is 95.8 cm³/mol. The minimum Gasteiger partial charge on any atom is -0.446 e. The number of hydrogen-bond donors (Lipinski definition) is 0. The Balaban J connectivity index is 1.68. The van der Waals surface area contributed by atoms with Gasteiger partial charge < -0.3 is 14.5 Å². The molecule has 1 aromatic rings. The Morgan fingerprint density at radius 3 is 2.40 bits per heavy atom. The van der Waals surface area contributed by atoms with Gasteiger partial charge in [0.2, 0.25) is 0 Å². The van der Waals surface area contributed by atoms with Crippen LogP contribution < -0.4 is 0 Å². The van der Waals surface area contributed by atoms with Crippen LogP contribution in [0.25, 0.3) is 0 Å². The van der Waals surface area contributed by atoms with Gasteiger partial charge in [0.1, 0.15) is 11.9 Å². The van der Waals surface area contributed by atoms with E-state index in [1.165, 1.54) is 18.6 Å². The molecule has 1 aliphatic carbocycles. The van der Waals surface area contributed by atoms with E-state index in [4.69, 9.17) is 4.74 Å². The summed E-state index contributed by atoms with van der Waals surface area (Å²) in [4.78, 5) is 17.0. The minimum atomic E-state index is -0.251. The van der Waals surface area contributed by atoms with Gasteiger partial charge in [-0.05, 0) is 76.4 Å². The number of halogens is 1. The second-order valence-electron chi connectivity index (χ2n) is 7.43. The largest absolute Gasteiger partial charge is 0.446 e. The summed E-state index contributed by atoms with van der Waals surface area (Å²) in [6, 6.07) is 6.61. The molecule has 0 N–H and O–H groups in total. The van der Waals surface area contributed by atoms with E-state index in [1.807, 2.05) is 4.90 Å². The van der Waals surface area contributed by atoms with E-state index >= 15 is 0 Å². The molecule has 2 aliphatic rings. The van der Waals surface area contributed by atoms with Crippen molar-refractivity contribution in [3.8, 4) is 0 Å². The summed E-state index contributed by atoms with van der Waals surface area (Å²) in [6.45, 7) is 2.46. The molecule has 0 aromatic heterocycles. The highest BCUT2D eigenvalue weighted by Crippen LogP contribution is 2.24. The molecular formula is C20H29FN2O2. The molecule has 0 radical (unpaired) electrons. The van der Waals surface area contributed by atoms with Gasteiger partial charge in [-0.2, -0.15) is 0 Å². The lowest BCUT2D eigenvalue weighted by Crippen LogP contribution is -2.47. The van der Waals surface area contributed by atoms with Crippen molar-refractivity contribution in [3.05, 3.63) is 35.6 Å². The minimum absolute atomic E-state index is 0.0585. The maximum absolute atomic E-state index is 13.2. The molecule has 0 atom stereocenters. The Morgan fingerprint density at radius 1 is 1.12 bits per heavy atom. The number of likely N-dealkylation sites (tertiary alicyclic amines) is 1. The third-order valence-electron chi connectivity index (χ3n) is 5.45. The van der Waals surface area contributed by atoms with E-state index < -0.39 is 0 Å². The van der Waals surface area contributed by atoms with Crippen LogP contribution in [0.1, 0.15) is 50.5 Å². The number of carbonyl (C=O) groups excluding carboxylic acids is 1. The van der Waals surface area contributed by atoms with Gasteiger partial charge in [-0.1, -0.05) is 18.6 Å². The summed E-state index contributed by atoms with van der Waals surface area (Å²) in [5, 5.41) is 0. The zero-order valence-electron chi connectivity index (χ0n) is 15.1. The molecule has 0 bridgehead atoms. The molecule has 1 saturated carbocycles. The monoisotopic (exact) mass is 348 g/mol. The Morgan fingerprint density at radius 2 is 1.76 bits per heavy atom. The Labute approximate surface area is 149 Å². The lowest BCUT2D eigenvalue weighted by Gasteiger charge is -2.37. The van der Waals surface area contributed by atoms with E-state index in [2.05, 4.69) is 11.9 Å². The summed E-state index contributed by atoms with van der Waals surface area (Å²) in [5.74, 6) is -0.251. The highest BCUT2D eigenvalue weighted by Gasteiger charge is 2.30. The molecule has 1 amide bonds. The Kier molecular flexibility index (Phi) is 6.29. The van der Waals surface area contributed by atoms with E-state index in [-0.39, 0.29) is 24.1 Å². The third kappa shape index (κ3) is 5.18. The van der Waals surface area contributed by atoms with Crippen LogP contribution in [0, 0.1) is 5.82 Å². The van der Waals surface area contributed by atoms with Crippen molar-refractivity contribution in [2.45, 2.75) is 63.6 Å². The van der Waals surface area contributed by atoms with Crippen LogP contribution in [0.4, 0.5) is 9.18 Å². The molecule has 1 aromatic carbocycles. The topological polar surface area (TPSA) is 32.8 Å². The van der Waals surface area contributed by atoms with Crippen molar-refractivity contribution in [1.82, 2.24) is 9.80 Å². The van der Waals surface area contributed by atoms with Crippen molar-refractivity contribution < 1.29 is 13.9 Å². The maximum Gasteiger partial charge on any atom is 0.410 e. The number of piperidine rings is 1. The summed E-state index contributed by atoms with van der Waals surface area (Å²) < 4.78 is 19.0. The standard InChI is InChI=1S/C20H29FN2O2/c1-22-13-11-18(12-14-22)23(15-16-7-9-17(21)10-8-16)20(24)25-19-5-3-2-4-6-19/h7-10,18-19H,2-6,11-15H2,1H3. The maximum atomic E-state index is 13.2. The number of ether oxygens (including phenoxy) is 1. The number of amides is 1. The van der Waals surface area contributed by atoms with Crippen molar-refractivity contribution in [1.29, 1.82) is 0 Å². The van der Waals surface area contributed by atoms with Crippen molar-refractivity contribution in [3.63, 3.8) is 0 Å². The second-order valence-corrected chi connectivity index (χ2v) is 7.43. The number of hydrogen-bond acceptors (Lipinski definition) is 3. The SMILES string of the molecule is CN1CCC(N(Cc2ccc(F)cc2)C(=O)OC2CCCCC2)CC1. The van der Waals surface area contributed by atoms with Gasteiger partial charge in [-0.3, -0.25) is 0 Å². The van der Waals surface area contributed by atoms with Crippen LogP contribution in [0.15, 0.2) is 24.3 Å². The fourth-order valence-electron chi connectivity index (χ4n) is 3.83. The van der Waals surface area contributed by atoms with Crippen molar-refractivity contribution >= 4 is 6.09 Å². The van der Waals surface area contributed by atoms with Gasteiger partial charge >= 0.3 is 6.09 Å². The zero-order chi connectivity index (χ0) is 17.6. The fourth-order valence-corrected chi connectivity index (χ4v) is 3.83. The highest BCUT2D eigenvalue weighted by atomic mass is 19.1. The first-order valence-electron chi connectivity index (χ1n) is 9.52. The normalized spacial score (nSPS) is 20.4. The Bertz CT molecular complexity index is 549. The van der Waals surface area contributed by atoms with Gasteiger partial charge in [0.15, 0.2) is 0 Å². The summed E-state index contributed by atoms with van der Waals surface area (Å²) in [5.41, 5.74) is 0.945.